The van der Waals surface area contributed by atoms with Crippen LogP contribution in [0.25, 0.3) is 0 Å². The Hall–Kier alpha value is -1.06. The van der Waals surface area contributed by atoms with E-state index in [2.05, 4.69) is 6.07 Å². The van der Waals surface area contributed by atoms with Crippen molar-refractivity contribution in [2.45, 2.75) is 32.3 Å². The van der Waals surface area contributed by atoms with E-state index in [-0.39, 0.29) is 0 Å². The molecule has 2 rings (SSSR count). The van der Waals surface area contributed by atoms with Crippen LogP contribution in [0.15, 0.2) is 24.3 Å². The molecule has 2 N–H and O–H groups in total. The van der Waals surface area contributed by atoms with E-state index in [1.54, 1.807) is 7.11 Å². The highest BCUT2D eigenvalue weighted by atomic mass is 16.5. The Bertz CT molecular complexity index is 381. The van der Waals surface area contributed by atoms with Crippen LogP contribution in [0.4, 0.5) is 0 Å². The Kier molecular flexibility index (Phi) is 5.67. The maximum Gasteiger partial charge on any atom is 0.119 e. The third-order valence-electron chi connectivity index (χ3n) is 4.10. The van der Waals surface area contributed by atoms with Crippen molar-refractivity contribution in [1.29, 1.82) is 0 Å². The molecule has 2 unspecified atom stereocenters. The third kappa shape index (κ3) is 4.22. The minimum Gasteiger partial charge on any atom is -0.497 e. The number of benzene rings is 1. The van der Waals surface area contributed by atoms with Crippen LogP contribution in [0.5, 0.6) is 5.75 Å². The lowest BCUT2D eigenvalue weighted by Gasteiger charge is -2.30. The molecule has 0 amide bonds. The molecule has 2 atom stereocenters. The summed E-state index contributed by atoms with van der Waals surface area (Å²) in [6, 6.07) is 8.06. The van der Waals surface area contributed by atoms with Crippen LogP contribution in [0.2, 0.25) is 0 Å². The van der Waals surface area contributed by atoms with Gasteiger partial charge in [-0.25, -0.2) is 0 Å². The number of nitrogens with two attached hydrogens (primary N) is 1. The smallest absolute Gasteiger partial charge is 0.119 e. The van der Waals surface area contributed by atoms with Crippen molar-refractivity contribution < 1.29 is 9.47 Å². The van der Waals surface area contributed by atoms with Crippen LogP contribution in [0.3, 0.4) is 0 Å². The monoisotopic (exact) mass is 263 g/mol. The summed E-state index contributed by atoms with van der Waals surface area (Å²) < 4.78 is 11.1. The second kappa shape index (κ2) is 7.51. The topological polar surface area (TPSA) is 44.5 Å². The van der Waals surface area contributed by atoms with Gasteiger partial charge < -0.3 is 15.2 Å². The molecule has 0 saturated heterocycles. The molecule has 106 valence electrons. The van der Waals surface area contributed by atoms with Gasteiger partial charge in [0.05, 0.1) is 20.3 Å². The number of rotatable bonds is 6. The van der Waals surface area contributed by atoms with Gasteiger partial charge in [0, 0.05) is 0 Å². The standard InChI is InChI=1S/C16H25NO2/c1-18-16-8-4-5-13(9-16)11-19-12-15-7-3-2-6-14(15)10-17/h4-5,8-9,14-15H,2-3,6-7,10-12,17H2,1H3. The van der Waals surface area contributed by atoms with Gasteiger partial charge in [-0.2, -0.15) is 0 Å². The molecule has 19 heavy (non-hydrogen) atoms. The van der Waals surface area contributed by atoms with Gasteiger partial charge in [-0.1, -0.05) is 25.0 Å². The summed E-state index contributed by atoms with van der Waals surface area (Å²) in [4.78, 5) is 0. The summed E-state index contributed by atoms with van der Waals surface area (Å²) in [5, 5.41) is 0. The Morgan fingerprint density at radius 3 is 2.74 bits per heavy atom. The van der Waals surface area contributed by atoms with Gasteiger partial charge in [-0.05, 0) is 48.9 Å². The lowest BCUT2D eigenvalue weighted by molar-refractivity contribution is 0.0511. The molecule has 1 aliphatic rings. The molecular formula is C16H25NO2. The van der Waals surface area contributed by atoms with Crippen LogP contribution >= 0.6 is 0 Å². The summed E-state index contributed by atoms with van der Waals surface area (Å²) in [5.41, 5.74) is 7.01. The summed E-state index contributed by atoms with van der Waals surface area (Å²) >= 11 is 0. The molecule has 0 bridgehead atoms. The average Bonchev–Trinajstić information content (AvgIpc) is 2.48. The van der Waals surface area contributed by atoms with Crippen LogP contribution < -0.4 is 10.5 Å². The fraction of sp³-hybridized carbons (Fsp3) is 0.625. The molecule has 1 saturated carbocycles. The van der Waals surface area contributed by atoms with Gasteiger partial charge in [0.2, 0.25) is 0 Å². The first kappa shape index (κ1) is 14.4. The lowest BCUT2D eigenvalue weighted by Crippen LogP contribution is -2.29. The Morgan fingerprint density at radius 1 is 1.21 bits per heavy atom. The Balaban J connectivity index is 1.78. The summed E-state index contributed by atoms with van der Waals surface area (Å²) in [5.74, 6) is 2.18. The molecule has 0 aliphatic heterocycles. The highest BCUT2D eigenvalue weighted by molar-refractivity contribution is 5.27. The third-order valence-corrected chi connectivity index (χ3v) is 4.10. The van der Waals surface area contributed by atoms with Gasteiger partial charge in [0.1, 0.15) is 5.75 Å². The predicted molar refractivity (Wildman–Crippen MR) is 77.2 cm³/mol. The number of methoxy groups -OCH3 is 1. The lowest BCUT2D eigenvalue weighted by atomic mass is 9.80. The molecule has 1 aromatic carbocycles. The van der Waals surface area contributed by atoms with E-state index in [0.29, 0.717) is 18.4 Å². The zero-order valence-electron chi connectivity index (χ0n) is 11.8. The molecule has 0 spiro atoms. The summed E-state index contributed by atoms with van der Waals surface area (Å²) in [6.07, 6.45) is 5.18. The van der Waals surface area contributed by atoms with E-state index in [4.69, 9.17) is 15.2 Å². The molecule has 1 aliphatic carbocycles. The largest absolute Gasteiger partial charge is 0.497 e. The number of hydrogen-bond acceptors (Lipinski definition) is 3. The maximum absolute atomic E-state index is 5.88. The molecule has 1 aromatic rings. The predicted octanol–water partition coefficient (Wildman–Crippen LogP) is 2.98. The quantitative estimate of drug-likeness (QED) is 0.858. The van der Waals surface area contributed by atoms with E-state index in [0.717, 1.165) is 18.9 Å². The van der Waals surface area contributed by atoms with E-state index in [1.807, 2.05) is 18.2 Å². The van der Waals surface area contributed by atoms with E-state index < -0.39 is 0 Å². The molecular weight excluding hydrogens is 238 g/mol. The second-order valence-electron chi connectivity index (χ2n) is 5.41. The van der Waals surface area contributed by atoms with Crippen LogP contribution in [-0.4, -0.2) is 20.3 Å². The average molecular weight is 263 g/mol. The molecule has 3 nitrogen and oxygen atoms in total. The van der Waals surface area contributed by atoms with Crippen molar-refractivity contribution in [3.63, 3.8) is 0 Å². The van der Waals surface area contributed by atoms with Gasteiger partial charge in [-0.3, -0.25) is 0 Å². The first-order chi connectivity index (χ1) is 9.33. The van der Waals surface area contributed by atoms with Crippen LogP contribution in [-0.2, 0) is 11.3 Å². The molecule has 1 fully saturated rings. The van der Waals surface area contributed by atoms with Crippen molar-refractivity contribution in [2.24, 2.45) is 17.6 Å². The minimum atomic E-state index is 0.643. The SMILES string of the molecule is COc1cccc(COCC2CCCCC2CN)c1. The minimum absolute atomic E-state index is 0.643. The first-order valence-electron chi connectivity index (χ1n) is 7.24. The highest BCUT2D eigenvalue weighted by Crippen LogP contribution is 2.29. The van der Waals surface area contributed by atoms with Crippen molar-refractivity contribution in [3.05, 3.63) is 29.8 Å². The zero-order valence-corrected chi connectivity index (χ0v) is 11.8. The zero-order chi connectivity index (χ0) is 13.5. The summed E-state index contributed by atoms with van der Waals surface area (Å²) in [7, 11) is 1.69. The fourth-order valence-electron chi connectivity index (χ4n) is 2.90. The van der Waals surface area contributed by atoms with Gasteiger partial charge >= 0.3 is 0 Å². The van der Waals surface area contributed by atoms with Crippen LogP contribution in [0, 0.1) is 11.8 Å². The highest BCUT2D eigenvalue weighted by Gasteiger charge is 2.23. The molecule has 0 heterocycles. The molecule has 3 heteroatoms. The maximum atomic E-state index is 5.88. The molecule has 0 radical (unpaired) electrons. The molecule has 0 aromatic heterocycles. The van der Waals surface area contributed by atoms with E-state index in [1.165, 1.54) is 31.2 Å². The van der Waals surface area contributed by atoms with E-state index >= 15 is 0 Å². The number of ether oxygens (including phenoxy) is 2. The van der Waals surface area contributed by atoms with Gasteiger partial charge in [0.15, 0.2) is 0 Å². The van der Waals surface area contributed by atoms with Gasteiger partial charge in [0.25, 0.3) is 0 Å². The fourth-order valence-corrected chi connectivity index (χ4v) is 2.90. The Labute approximate surface area is 116 Å². The van der Waals surface area contributed by atoms with E-state index in [9.17, 15) is 0 Å². The van der Waals surface area contributed by atoms with Gasteiger partial charge in [-0.15, -0.1) is 0 Å². The summed E-state index contributed by atoms with van der Waals surface area (Å²) in [6.45, 7) is 2.29. The Morgan fingerprint density at radius 2 is 2.00 bits per heavy atom. The van der Waals surface area contributed by atoms with Crippen molar-refractivity contribution >= 4 is 0 Å². The number of hydrogen-bond donors (Lipinski definition) is 1. The van der Waals surface area contributed by atoms with Crippen molar-refractivity contribution in [3.8, 4) is 5.75 Å². The van der Waals surface area contributed by atoms with Crippen LogP contribution in [0.1, 0.15) is 31.2 Å². The second-order valence-corrected chi connectivity index (χ2v) is 5.41. The van der Waals surface area contributed by atoms with Crippen molar-refractivity contribution in [2.75, 3.05) is 20.3 Å². The van der Waals surface area contributed by atoms with Crippen molar-refractivity contribution in [1.82, 2.24) is 0 Å². The first-order valence-corrected chi connectivity index (χ1v) is 7.24. The normalized spacial score (nSPS) is 23.3.